The molecule has 16 heavy (non-hydrogen) atoms. The van der Waals surface area contributed by atoms with Crippen LogP contribution < -0.4 is 5.32 Å². The fourth-order valence-electron chi connectivity index (χ4n) is 2.57. The van der Waals surface area contributed by atoms with Gasteiger partial charge in [0.2, 0.25) is 5.91 Å². The highest BCUT2D eigenvalue weighted by atomic mass is 16.1. The lowest BCUT2D eigenvalue weighted by atomic mass is 9.71. The summed E-state index contributed by atoms with van der Waals surface area (Å²) in [6, 6.07) is 0. The molecule has 0 aliphatic heterocycles. The molecule has 92 valence electrons. The molecule has 0 aromatic rings. The van der Waals surface area contributed by atoms with E-state index in [1.807, 2.05) is 0 Å². The molecule has 1 rings (SSSR count). The molecule has 3 heteroatoms. The number of ketones is 1. The van der Waals surface area contributed by atoms with Crippen molar-refractivity contribution in [3.63, 3.8) is 0 Å². The van der Waals surface area contributed by atoms with Gasteiger partial charge in [-0.05, 0) is 31.6 Å². The van der Waals surface area contributed by atoms with Crippen molar-refractivity contribution < 1.29 is 9.59 Å². The van der Waals surface area contributed by atoms with Crippen LogP contribution in [0.1, 0.15) is 58.8 Å². The van der Waals surface area contributed by atoms with Crippen molar-refractivity contribution in [2.45, 2.75) is 58.8 Å². The number of Topliss-reactive ketones (excluding diaryl/α,β-unsaturated/α-hetero) is 1. The molecule has 0 heterocycles. The van der Waals surface area contributed by atoms with Crippen LogP contribution in [0.2, 0.25) is 0 Å². The first kappa shape index (κ1) is 13.2. The molecule has 0 spiro atoms. The van der Waals surface area contributed by atoms with Gasteiger partial charge < -0.3 is 10.1 Å². The van der Waals surface area contributed by atoms with E-state index in [4.69, 9.17) is 0 Å². The Kier molecular flexibility index (Phi) is 4.97. The van der Waals surface area contributed by atoms with Gasteiger partial charge in [-0.2, -0.15) is 0 Å². The van der Waals surface area contributed by atoms with Crippen LogP contribution >= 0.6 is 0 Å². The van der Waals surface area contributed by atoms with Crippen molar-refractivity contribution >= 4 is 11.7 Å². The van der Waals surface area contributed by atoms with Gasteiger partial charge in [-0.1, -0.05) is 19.3 Å². The van der Waals surface area contributed by atoms with E-state index in [1.54, 1.807) is 13.8 Å². The summed E-state index contributed by atoms with van der Waals surface area (Å²) in [6.07, 6.45) is 7.65. The summed E-state index contributed by atoms with van der Waals surface area (Å²) in [7, 11) is 0. The first-order valence-electron chi connectivity index (χ1n) is 6.28. The molecule has 1 fully saturated rings. The second-order valence-corrected chi connectivity index (χ2v) is 5.17. The standard InChI is InChI=1S/C13H23NO2/c1-11(15)6-9-13(10-14-12(2)16)7-4-3-5-8-13/h3-10H2,1-2H3,(H,14,16). The fourth-order valence-corrected chi connectivity index (χ4v) is 2.57. The molecule has 1 saturated carbocycles. The molecule has 1 amide bonds. The average molecular weight is 225 g/mol. The molecule has 3 nitrogen and oxygen atoms in total. The van der Waals surface area contributed by atoms with E-state index >= 15 is 0 Å². The van der Waals surface area contributed by atoms with Crippen molar-refractivity contribution in [1.29, 1.82) is 0 Å². The molecule has 0 saturated heterocycles. The zero-order valence-corrected chi connectivity index (χ0v) is 10.5. The first-order valence-corrected chi connectivity index (χ1v) is 6.28. The van der Waals surface area contributed by atoms with Gasteiger partial charge in [0.15, 0.2) is 0 Å². The highest BCUT2D eigenvalue weighted by molar-refractivity contribution is 5.75. The summed E-state index contributed by atoms with van der Waals surface area (Å²) < 4.78 is 0. The van der Waals surface area contributed by atoms with Crippen LogP contribution in [-0.4, -0.2) is 18.2 Å². The lowest BCUT2D eigenvalue weighted by Crippen LogP contribution is -2.38. The third-order valence-corrected chi connectivity index (χ3v) is 3.63. The first-order chi connectivity index (χ1) is 7.54. The summed E-state index contributed by atoms with van der Waals surface area (Å²) in [5.74, 6) is 0.292. The smallest absolute Gasteiger partial charge is 0.216 e. The molecule has 0 aromatic carbocycles. The highest BCUT2D eigenvalue weighted by Gasteiger charge is 2.31. The van der Waals surface area contributed by atoms with Gasteiger partial charge in [-0.15, -0.1) is 0 Å². The predicted molar refractivity (Wildman–Crippen MR) is 64.1 cm³/mol. The van der Waals surface area contributed by atoms with Gasteiger partial charge in [0, 0.05) is 19.9 Å². The van der Waals surface area contributed by atoms with E-state index in [9.17, 15) is 9.59 Å². The van der Waals surface area contributed by atoms with E-state index in [2.05, 4.69) is 5.32 Å². The molecule has 0 unspecified atom stereocenters. The van der Waals surface area contributed by atoms with Gasteiger partial charge in [0.05, 0.1) is 0 Å². The maximum absolute atomic E-state index is 11.1. The van der Waals surface area contributed by atoms with Crippen molar-refractivity contribution in [1.82, 2.24) is 5.32 Å². The largest absolute Gasteiger partial charge is 0.356 e. The van der Waals surface area contributed by atoms with E-state index in [-0.39, 0.29) is 17.1 Å². The maximum Gasteiger partial charge on any atom is 0.216 e. The van der Waals surface area contributed by atoms with Gasteiger partial charge in [-0.25, -0.2) is 0 Å². The van der Waals surface area contributed by atoms with Crippen LogP contribution in [0, 0.1) is 5.41 Å². The summed E-state index contributed by atoms with van der Waals surface area (Å²) in [4.78, 5) is 22.1. The molecule has 1 aliphatic rings. The second-order valence-electron chi connectivity index (χ2n) is 5.17. The quantitative estimate of drug-likeness (QED) is 0.781. The van der Waals surface area contributed by atoms with E-state index in [0.717, 1.165) is 25.8 Å². The number of carbonyl (C=O) groups is 2. The number of amides is 1. The van der Waals surface area contributed by atoms with Crippen molar-refractivity contribution in [3.05, 3.63) is 0 Å². The molecule has 0 atom stereocenters. The number of carbonyl (C=O) groups excluding carboxylic acids is 2. The minimum Gasteiger partial charge on any atom is -0.356 e. The average Bonchev–Trinajstić information content (AvgIpc) is 2.25. The molecular weight excluding hydrogens is 202 g/mol. The topological polar surface area (TPSA) is 46.2 Å². The van der Waals surface area contributed by atoms with E-state index in [1.165, 1.54) is 19.3 Å². The maximum atomic E-state index is 11.1. The summed E-state index contributed by atoms with van der Waals surface area (Å²) in [5.41, 5.74) is 0.190. The Balaban J connectivity index is 2.52. The predicted octanol–water partition coefficient (Wildman–Crippen LogP) is 2.44. The van der Waals surface area contributed by atoms with Crippen LogP contribution in [0.15, 0.2) is 0 Å². The Hall–Kier alpha value is -0.860. The SMILES string of the molecule is CC(=O)CCC1(CNC(C)=O)CCCCC1. The Bertz CT molecular complexity index is 235. The van der Waals surface area contributed by atoms with E-state index in [0.29, 0.717) is 6.42 Å². The van der Waals surface area contributed by atoms with Crippen LogP contribution in [0.25, 0.3) is 0 Å². The summed E-state index contributed by atoms with van der Waals surface area (Å²) >= 11 is 0. The van der Waals surface area contributed by atoms with Gasteiger partial charge in [-0.3, -0.25) is 4.79 Å². The third kappa shape index (κ3) is 4.33. The molecule has 1 aliphatic carbocycles. The van der Waals surface area contributed by atoms with Gasteiger partial charge in [0.25, 0.3) is 0 Å². The minimum atomic E-state index is 0.0350. The van der Waals surface area contributed by atoms with Crippen LogP contribution in [0.5, 0.6) is 0 Å². The fraction of sp³-hybridized carbons (Fsp3) is 0.846. The Labute approximate surface area is 98.0 Å². The normalized spacial score (nSPS) is 19.1. The van der Waals surface area contributed by atoms with Crippen molar-refractivity contribution in [2.24, 2.45) is 5.41 Å². The lowest BCUT2D eigenvalue weighted by Gasteiger charge is -2.37. The van der Waals surface area contributed by atoms with Gasteiger partial charge in [0.1, 0.15) is 5.78 Å². The zero-order valence-electron chi connectivity index (χ0n) is 10.5. The molecule has 0 radical (unpaired) electrons. The third-order valence-electron chi connectivity index (χ3n) is 3.63. The monoisotopic (exact) mass is 225 g/mol. The Morgan fingerprint density at radius 3 is 2.25 bits per heavy atom. The summed E-state index contributed by atoms with van der Waals surface area (Å²) in [6.45, 7) is 3.95. The zero-order chi connectivity index (χ0) is 12.0. The molecule has 0 bridgehead atoms. The number of hydrogen-bond donors (Lipinski definition) is 1. The Morgan fingerprint density at radius 2 is 1.75 bits per heavy atom. The highest BCUT2D eigenvalue weighted by Crippen LogP contribution is 2.39. The van der Waals surface area contributed by atoms with E-state index < -0.39 is 0 Å². The number of nitrogens with one attached hydrogen (secondary N) is 1. The van der Waals surface area contributed by atoms with Crippen LogP contribution in [-0.2, 0) is 9.59 Å². The minimum absolute atomic E-state index is 0.0350. The number of hydrogen-bond acceptors (Lipinski definition) is 2. The molecular formula is C13H23NO2. The van der Waals surface area contributed by atoms with Crippen molar-refractivity contribution in [3.8, 4) is 0 Å². The molecule has 1 N–H and O–H groups in total. The number of rotatable bonds is 5. The van der Waals surface area contributed by atoms with Gasteiger partial charge >= 0.3 is 0 Å². The second kappa shape index (κ2) is 6.02. The van der Waals surface area contributed by atoms with Crippen molar-refractivity contribution in [2.75, 3.05) is 6.54 Å². The van der Waals surface area contributed by atoms with Crippen LogP contribution in [0.3, 0.4) is 0 Å². The van der Waals surface area contributed by atoms with Crippen LogP contribution in [0.4, 0.5) is 0 Å². The lowest BCUT2D eigenvalue weighted by molar-refractivity contribution is -0.119. The Morgan fingerprint density at radius 1 is 1.12 bits per heavy atom. The molecule has 0 aromatic heterocycles. The summed E-state index contributed by atoms with van der Waals surface area (Å²) in [5, 5.41) is 2.93.